The molecule has 3 aromatic rings. The fourth-order valence-electron chi connectivity index (χ4n) is 1.08. The molecule has 0 saturated heterocycles. The zero-order valence-corrected chi connectivity index (χ0v) is 21.3. The minimum atomic E-state index is 0.750. The standard InChI is InChI=1S/C6H6.C5H5NO.C5H5N.3C4H10/c1-2-4-6-5-3-1;7-6-4-2-1-3-5-6;1-2-4-6-5-3-1;3*1-4(2)3/h1-6H;1-5H;1-5H;3*4H,1-3H3. The minimum Gasteiger partial charge on any atom is -0.619 e. The van der Waals surface area contributed by atoms with Crippen molar-refractivity contribution in [3.63, 3.8) is 0 Å². The van der Waals surface area contributed by atoms with Gasteiger partial charge in [-0.3, -0.25) is 4.98 Å². The maximum Gasteiger partial charge on any atom is 0.180 e. The Morgan fingerprint density at radius 3 is 0.806 bits per heavy atom. The molecular formula is C28H46N2O. The number of benzene rings is 1. The van der Waals surface area contributed by atoms with Crippen LogP contribution in [0.3, 0.4) is 0 Å². The highest BCUT2D eigenvalue weighted by Crippen LogP contribution is 1.82. The Morgan fingerprint density at radius 1 is 0.452 bits per heavy atom. The second-order valence-electron chi connectivity index (χ2n) is 8.61. The Labute approximate surface area is 192 Å². The summed E-state index contributed by atoms with van der Waals surface area (Å²) in [5.41, 5.74) is 0. The Hall–Kier alpha value is -2.68. The van der Waals surface area contributed by atoms with E-state index in [0.29, 0.717) is 0 Å². The molecule has 174 valence electrons. The highest BCUT2D eigenvalue weighted by molar-refractivity contribution is 4.99. The summed E-state index contributed by atoms with van der Waals surface area (Å²) in [5, 5.41) is 10.2. The van der Waals surface area contributed by atoms with Crippen LogP contribution >= 0.6 is 0 Å². The van der Waals surface area contributed by atoms with Gasteiger partial charge in [0, 0.05) is 24.5 Å². The van der Waals surface area contributed by atoms with Crippen LogP contribution in [0.2, 0.25) is 0 Å². The zero-order valence-electron chi connectivity index (χ0n) is 21.3. The number of pyridine rings is 2. The number of hydrogen-bond acceptors (Lipinski definition) is 2. The van der Waals surface area contributed by atoms with Gasteiger partial charge in [-0.15, -0.1) is 0 Å². The van der Waals surface area contributed by atoms with Crippen molar-refractivity contribution in [3.05, 3.63) is 103 Å². The number of hydrogen-bond donors (Lipinski definition) is 0. The van der Waals surface area contributed by atoms with E-state index in [9.17, 15) is 5.21 Å². The van der Waals surface area contributed by atoms with Crippen molar-refractivity contribution in [2.45, 2.75) is 62.3 Å². The third kappa shape index (κ3) is 58.4. The molecule has 2 heterocycles. The van der Waals surface area contributed by atoms with E-state index in [2.05, 4.69) is 67.3 Å². The number of aromatic nitrogens is 2. The molecule has 3 heteroatoms. The third-order valence-corrected chi connectivity index (χ3v) is 1.92. The van der Waals surface area contributed by atoms with E-state index in [1.165, 1.54) is 12.4 Å². The van der Waals surface area contributed by atoms with Gasteiger partial charge >= 0.3 is 0 Å². The van der Waals surface area contributed by atoms with E-state index < -0.39 is 0 Å². The van der Waals surface area contributed by atoms with Gasteiger partial charge in [-0.2, -0.15) is 4.73 Å². The predicted molar refractivity (Wildman–Crippen MR) is 138 cm³/mol. The average Bonchev–Trinajstić information content (AvgIpc) is 2.71. The molecule has 1 aromatic carbocycles. The van der Waals surface area contributed by atoms with Crippen molar-refractivity contribution < 1.29 is 4.73 Å². The maximum atomic E-state index is 10.2. The Morgan fingerprint density at radius 2 is 0.677 bits per heavy atom. The molecule has 0 atom stereocenters. The topological polar surface area (TPSA) is 39.8 Å². The van der Waals surface area contributed by atoms with Crippen LogP contribution in [0.5, 0.6) is 0 Å². The fourth-order valence-corrected chi connectivity index (χ4v) is 1.08. The van der Waals surface area contributed by atoms with E-state index >= 15 is 0 Å². The van der Waals surface area contributed by atoms with Gasteiger partial charge in [0.05, 0.1) is 0 Å². The van der Waals surface area contributed by atoms with Crippen molar-refractivity contribution in [3.8, 4) is 0 Å². The summed E-state index contributed by atoms with van der Waals surface area (Å²) in [4.78, 5) is 3.78. The van der Waals surface area contributed by atoms with Gasteiger partial charge in [-0.1, -0.05) is 111 Å². The van der Waals surface area contributed by atoms with Gasteiger partial charge < -0.3 is 5.21 Å². The Kier molecular flexibility index (Phi) is 29.1. The van der Waals surface area contributed by atoms with Gasteiger partial charge in [0.15, 0.2) is 12.4 Å². The van der Waals surface area contributed by atoms with Gasteiger partial charge in [0.2, 0.25) is 0 Å². The second-order valence-corrected chi connectivity index (χ2v) is 8.61. The van der Waals surface area contributed by atoms with Gasteiger partial charge in [-0.05, 0) is 29.9 Å². The van der Waals surface area contributed by atoms with Gasteiger partial charge in [0.1, 0.15) is 0 Å². The first kappa shape index (κ1) is 33.0. The highest BCUT2D eigenvalue weighted by Gasteiger charge is 1.75. The van der Waals surface area contributed by atoms with E-state index in [1.54, 1.807) is 30.6 Å². The summed E-state index contributed by atoms with van der Waals surface area (Å²) in [6.45, 7) is 19.5. The van der Waals surface area contributed by atoms with Crippen LogP contribution in [0.15, 0.2) is 97.6 Å². The molecule has 3 nitrogen and oxygen atoms in total. The SMILES string of the molecule is CC(C)C.CC(C)C.CC(C)C.[O-][n+]1ccccc1.c1ccccc1.c1ccncc1. The molecule has 0 spiro atoms. The van der Waals surface area contributed by atoms with Crippen molar-refractivity contribution in [2.24, 2.45) is 17.8 Å². The van der Waals surface area contributed by atoms with E-state index in [4.69, 9.17) is 0 Å². The van der Waals surface area contributed by atoms with Crippen molar-refractivity contribution in [1.29, 1.82) is 0 Å². The van der Waals surface area contributed by atoms with Crippen LogP contribution in [0, 0.1) is 23.0 Å². The second kappa shape index (κ2) is 27.3. The summed E-state index contributed by atoms with van der Waals surface area (Å²) < 4.78 is 0.750. The molecule has 0 radical (unpaired) electrons. The lowest BCUT2D eigenvalue weighted by atomic mass is 10.3. The zero-order chi connectivity index (χ0) is 24.3. The predicted octanol–water partition coefficient (Wildman–Crippen LogP) is 8.08. The lowest BCUT2D eigenvalue weighted by Gasteiger charge is -1.88. The molecule has 0 N–H and O–H groups in total. The lowest BCUT2D eigenvalue weighted by molar-refractivity contribution is -0.605. The molecule has 0 amide bonds. The molecule has 3 rings (SSSR count). The smallest absolute Gasteiger partial charge is 0.180 e. The quantitative estimate of drug-likeness (QED) is 0.269. The van der Waals surface area contributed by atoms with Crippen molar-refractivity contribution in [1.82, 2.24) is 4.98 Å². The van der Waals surface area contributed by atoms with E-state index in [-0.39, 0.29) is 0 Å². The molecule has 0 aliphatic rings. The molecule has 2 aromatic heterocycles. The van der Waals surface area contributed by atoms with E-state index in [0.717, 1.165) is 22.5 Å². The molecule has 0 fully saturated rings. The third-order valence-electron chi connectivity index (χ3n) is 1.92. The summed E-state index contributed by atoms with van der Waals surface area (Å²) in [6, 6.07) is 22.9. The summed E-state index contributed by atoms with van der Waals surface area (Å²) >= 11 is 0. The molecule has 31 heavy (non-hydrogen) atoms. The largest absolute Gasteiger partial charge is 0.619 e. The first-order chi connectivity index (χ1) is 14.6. The first-order valence-corrected chi connectivity index (χ1v) is 11.1. The van der Waals surface area contributed by atoms with E-state index in [1.807, 2.05) is 54.6 Å². The van der Waals surface area contributed by atoms with Crippen molar-refractivity contribution >= 4 is 0 Å². The minimum absolute atomic E-state index is 0.750. The molecule has 0 saturated carbocycles. The molecule has 0 aliphatic carbocycles. The molecule has 0 bridgehead atoms. The number of rotatable bonds is 0. The molecule has 0 unspecified atom stereocenters. The Bertz CT molecular complexity index is 519. The summed E-state index contributed by atoms with van der Waals surface area (Å²) in [7, 11) is 0. The van der Waals surface area contributed by atoms with Gasteiger partial charge in [-0.25, -0.2) is 0 Å². The van der Waals surface area contributed by atoms with Crippen LogP contribution in [0.1, 0.15) is 62.3 Å². The van der Waals surface area contributed by atoms with Gasteiger partial charge in [0.25, 0.3) is 0 Å². The van der Waals surface area contributed by atoms with Crippen LogP contribution in [0.25, 0.3) is 0 Å². The monoisotopic (exact) mass is 426 g/mol. The Balaban J connectivity index is -0.000000309. The van der Waals surface area contributed by atoms with Crippen LogP contribution in [-0.2, 0) is 0 Å². The van der Waals surface area contributed by atoms with Crippen LogP contribution < -0.4 is 4.73 Å². The maximum absolute atomic E-state index is 10.2. The fraction of sp³-hybridized carbons (Fsp3) is 0.429. The summed E-state index contributed by atoms with van der Waals surface area (Å²) in [6.07, 6.45) is 6.39. The molecule has 0 aliphatic heterocycles. The normalized spacial score (nSPS) is 8.52. The average molecular weight is 427 g/mol. The first-order valence-electron chi connectivity index (χ1n) is 11.1. The van der Waals surface area contributed by atoms with Crippen LogP contribution in [-0.4, -0.2) is 4.98 Å². The van der Waals surface area contributed by atoms with Crippen LogP contribution in [0.4, 0.5) is 0 Å². The number of nitrogens with zero attached hydrogens (tertiary/aromatic N) is 2. The molecular weight excluding hydrogens is 380 g/mol. The highest BCUT2D eigenvalue weighted by atomic mass is 16.5. The van der Waals surface area contributed by atoms with Crippen molar-refractivity contribution in [2.75, 3.05) is 0 Å². The lowest BCUT2D eigenvalue weighted by Crippen LogP contribution is -2.22. The summed E-state index contributed by atoms with van der Waals surface area (Å²) in [5.74, 6) is 2.50.